The lowest BCUT2D eigenvalue weighted by molar-refractivity contribution is 0.0692. The average molecular weight is 380 g/mol. The summed E-state index contributed by atoms with van der Waals surface area (Å²) in [6.45, 7) is 5.89. The largest absolute Gasteiger partial charge is 0.477 e. The van der Waals surface area contributed by atoms with Gasteiger partial charge < -0.3 is 14.1 Å². The third kappa shape index (κ3) is 2.38. The Bertz CT molecular complexity index is 1250. The van der Waals surface area contributed by atoms with Crippen LogP contribution in [0.4, 0.5) is 4.39 Å². The number of aromatic carboxylic acids is 1. The number of fused-ring (bicyclic) bond motifs is 5. The maximum absolute atomic E-state index is 15.1. The summed E-state index contributed by atoms with van der Waals surface area (Å²) in [6, 6.07) is 6.89. The number of hydrogen-bond donors (Lipinski definition) is 1. The second-order valence-corrected chi connectivity index (χ2v) is 8.04. The molecule has 1 atom stereocenters. The van der Waals surface area contributed by atoms with Crippen molar-refractivity contribution in [1.29, 1.82) is 5.26 Å². The standard InChI is InChI=1S/C21H17FN2O4/c1-21(2,3)14-7-12-11-6-4-5-10(8-23)18(11)28-19(12)16-15(22)17(25)13(20(26)27)9-24(14)16/h4-6,9,14H,7H2,1-3H3,(H,26,27)/t14-/m0/s1. The van der Waals surface area contributed by atoms with Gasteiger partial charge in [-0.15, -0.1) is 0 Å². The number of pyridine rings is 1. The lowest BCUT2D eigenvalue weighted by Crippen LogP contribution is -2.34. The lowest BCUT2D eigenvalue weighted by atomic mass is 9.79. The molecule has 0 aliphatic carbocycles. The summed E-state index contributed by atoms with van der Waals surface area (Å²) < 4.78 is 22.5. The van der Waals surface area contributed by atoms with E-state index < -0.39 is 22.8 Å². The molecule has 7 heteroatoms. The Morgan fingerprint density at radius 2 is 2.11 bits per heavy atom. The highest BCUT2D eigenvalue weighted by Crippen LogP contribution is 2.47. The maximum atomic E-state index is 15.1. The number of nitrogens with zero attached hydrogens (tertiary/aromatic N) is 2. The van der Waals surface area contributed by atoms with Gasteiger partial charge in [0.15, 0.2) is 17.2 Å². The number of aromatic nitrogens is 1. The summed E-state index contributed by atoms with van der Waals surface area (Å²) >= 11 is 0. The van der Waals surface area contributed by atoms with Crippen LogP contribution < -0.4 is 5.43 Å². The number of halogens is 1. The quantitative estimate of drug-likeness (QED) is 0.685. The van der Waals surface area contributed by atoms with Gasteiger partial charge in [0.25, 0.3) is 0 Å². The highest BCUT2D eigenvalue weighted by atomic mass is 19.1. The molecule has 0 radical (unpaired) electrons. The molecule has 0 amide bonds. The molecule has 3 aromatic rings. The number of nitriles is 1. The van der Waals surface area contributed by atoms with Crippen molar-refractivity contribution in [2.24, 2.45) is 5.41 Å². The van der Waals surface area contributed by atoms with Gasteiger partial charge in [-0.3, -0.25) is 4.79 Å². The predicted molar refractivity (Wildman–Crippen MR) is 99.7 cm³/mol. The molecule has 4 rings (SSSR count). The fourth-order valence-electron chi connectivity index (χ4n) is 3.88. The molecule has 0 unspecified atom stereocenters. The van der Waals surface area contributed by atoms with E-state index in [0.717, 1.165) is 0 Å². The minimum Gasteiger partial charge on any atom is -0.477 e. The first kappa shape index (κ1) is 18.0. The van der Waals surface area contributed by atoms with Gasteiger partial charge in [0.1, 0.15) is 17.3 Å². The van der Waals surface area contributed by atoms with E-state index in [0.29, 0.717) is 28.5 Å². The van der Waals surface area contributed by atoms with Gasteiger partial charge in [-0.25, -0.2) is 9.18 Å². The van der Waals surface area contributed by atoms with Crippen LogP contribution in [0.3, 0.4) is 0 Å². The van der Waals surface area contributed by atoms with Gasteiger partial charge in [-0.05, 0) is 17.9 Å². The van der Waals surface area contributed by atoms with Gasteiger partial charge in [-0.2, -0.15) is 5.26 Å². The minimum absolute atomic E-state index is 0.0729. The summed E-state index contributed by atoms with van der Waals surface area (Å²) in [4.78, 5) is 23.8. The molecule has 3 heterocycles. The molecule has 1 aliphatic heterocycles. The van der Waals surface area contributed by atoms with E-state index in [1.165, 1.54) is 10.8 Å². The average Bonchev–Trinajstić information content (AvgIpc) is 3.00. The van der Waals surface area contributed by atoms with Crippen molar-refractivity contribution >= 4 is 16.9 Å². The Balaban J connectivity index is 2.16. The second kappa shape index (κ2) is 5.80. The molecule has 0 saturated carbocycles. The highest BCUT2D eigenvalue weighted by molar-refractivity contribution is 5.92. The zero-order chi connectivity index (χ0) is 20.4. The van der Waals surface area contributed by atoms with Crippen molar-refractivity contribution in [3.63, 3.8) is 0 Å². The van der Waals surface area contributed by atoms with Crippen LogP contribution >= 0.6 is 0 Å². The van der Waals surface area contributed by atoms with E-state index in [4.69, 9.17) is 4.42 Å². The van der Waals surface area contributed by atoms with Crippen LogP contribution in [0.25, 0.3) is 22.4 Å². The summed E-state index contributed by atoms with van der Waals surface area (Å²) in [6.07, 6.45) is 1.65. The third-order valence-electron chi connectivity index (χ3n) is 5.30. The summed E-state index contributed by atoms with van der Waals surface area (Å²) in [7, 11) is 0. The minimum atomic E-state index is -1.48. The Hall–Kier alpha value is -3.40. The summed E-state index contributed by atoms with van der Waals surface area (Å²) in [5, 5.41) is 19.4. The molecule has 28 heavy (non-hydrogen) atoms. The first-order valence-electron chi connectivity index (χ1n) is 8.78. The van der Waals surface area contributed by atoms with Crippen molar-refractivity contribution < 1.29 is 18.7 Å². The van der Waals surface area contributed by atoms with E-state index in [9.17, 15) is 20.0 Å². The van der Waals surface area contributed by atoms with Crippen molar-refractivity contribution in [3.05, 3.63) is 57.1 Å². The number of furan rings is 1. The summed E-state index contributed by atoms with van der Waals surface area (Å²) in [5.74, 6) is -2.47. The molecule has 0 bridgehead atoms. The molecular formula is C21H17FN2O4. The van der Waals surface area contributed by atoms with E-state index in [-0.39, 0.29) is 22.9 Å². The van der Waals surface area contributed by atoms with Crippen LogP contribution in [0.1, 0.15) is 48.3 Å². The van der Waals surface area contributed by atoms with Crippen LogP contribution in [0.2, 0.25) is 0 Å². The van der Waals surface area contributed by atoms with Gasteiger partial charge in [0.05, 0.1) is 5.56 Å². The lowest BCUT2D eigenvalue weighted by Gasteiger charge is -2.37. The molecular weight excluding hydrogens is 363 g/mol. The van der Waals surface area contributed by atoms with Crippen molar-refractivity contribution in [3.8, 4) is 17.5 Å². The third-order valence-corrected chi connectivity index (χ3v) is 5.30. The number of benzene rings is 1. The maximum Gasteiger partial charge on any atom is 0.341 e. The Labute approximate surface area is 159 Å². The highest BCUT2D eigenvalue weighted by Gasteiger charge is 2.38. The number of carbonyl (C=O) groups is 1. The van der Waals surface area contributed by atoms with E-state index in [1.807, 2.05) is 20.8 Å². The van der Waals surface area contributed by atoms with E-state index in [1.54, 1.807) is 18.2 Å². The van der Waals surface area contributed by atoms with Crippen molar-refractivity contribution in [2.75, 3.05) is 0 Å². The first-order chi connectivity index (χ1) is 13.1. The Kier molecular flexibility index (Phi) is 3.72. The smallest absolute Gasteiger partial charge is 0.341 e. The Morgan fingerprint density at radius 1 is 1.39 bits per heavy atom. The topological polar surface area (TPSA) is 96.2 Å². The van der Waals surface area contributed by atoms with Crippen molar-refractivity contribution in [2.45, 2.75) is 33.2 Å². The van der Waals surface area contributed by atoms with Gasteiger partial charge in [0, 0.05) is 23.2 Å². The van der Waals surface area contributed by atoms with Crippen LogP contribution in [-0.2, 0) is 6.42 Å². The molecule has 142 valence electrons. The fraction of sp³-hybridized carbons (Fsp3) is 0.286. The SMILES string of the molecule is CC(C)(C)[C@@H]1Cc2c(oc3c(C#N)cccc23)-c2c(F)c(=O)c(C(=O)O)cn21. The summed E-state index contributed by atoms with van der Waals surface area (Å²) in [5.41, 5.74) is -0.862. The Morgan fingerprint density at radius 3 is 2.71 bits per heavy atom. The number of hydrogen-bond acceptors (Lipinski definition) is 4. The van der Waals surface area contributed by atoms with Gasteiger partial charge >= 0.3 is 5.97 Å². The van der Waals surface area contributed by atoms with Crippen LogP contribution in [0.15, 0.2) is 33.6 Å². The first-order valence-corrected chi connectivity index (χ1v) is 8.78. The molecule has 0 spiro atoms. The molecule has 0 saturated heterocycles. The van der Waals surface area contributed by atoms with Crippen LogP contribution in [-0.4, -0.2) is 15.6 Å². The molecule has 6 nitrogen and oxygen atoms in total. The van der Waals surface area contributed by atoms with E-state index >= 15 is 4.39 Å². The van der Waals surface area contributed by atoms with E-state index in [2.05, 4.69) is 6.07 Å². The predicted octanol–water partition coefficient (Wildman–Crippen LogP) is 4.11. The zero-order valence-electron chi connectivity index (χ0n) is 15.5. The number of para-hydroxylation sites is 1. The normalized spacial score (nSPS) is 15.8. The van der Waals surface area contributed by atoms with Crippen molar-refractivity contribution in [1.82, 2.24) is 4.57 Å². The molecule has 1 N–H and O–H groups in total. The monoisotopic (exact) mass is 380 g/mol. The number of carboxylic acid groups (broad SMARTS) is 1. The van der Waals surface area contributed by atoms with Gasteiger partial charge in [0.2, 0.25) is 5.43 Å². The molecule has 2 aromatic heterocycles. The second-order valence-electron chi connectivity index (χ2n) is 8.04. The molecule has 0 fully saturated rings. The molecule has 1 aliphatic rings. The fourth-order valence-corrected chi connectivity index (χ4v) is 3.88. The molecule has 1 aromatic carbocycles. The van der Waals surface area contributed by atoms with Crippen LogP contribution in [0.5, 0.6) is 0 Å². The van der Waals surface area contributed by atoms with Gasteiger partial charge in [-0.1, -0.05) is 32.9 Å². The number of carboxylic acids is 1. The van der Waals surface area contributed by atoms with Crippen LogP contribution in [0, 0.1) is 22.6 Å². The zero-order valence-corrected chi connectivity index (χ0v) is 15.5. The number of rotatable bonds is 1.